The molecular weight excluding hydrogens is 366 g/mol. The van der Waals surface area contributed by atoms with Crippen LogP contribution >= 0.6 is 15.9 Å². The monoisotopic (exact) mass is 379 g/mol. The van der Waals surface area contributed by atoms with E-state index < -0.39 is 11.8 Å². The van der Waals surface area contributed by atoms with Crippen LogP contribution in [0.2, 0.25) is 0 Å². The molecule has 2 rings (SSSR count). The Labute approximate surface area is 140 Å². The summed E-state index contributed by atoms with van der Waals surface area (Å²) in [5.41, 5.74) is 6.41. The molecule has 0 atom stereocenters. The second kappa shape index (κ2) is 7.59. The van der Waals surface area contributed by atoms with Crippen molar-refractivity contribution in [1.82, 2.24) is 5.32 Å². The molecule has 0 spiro atoms. The van der Waals surface area contributed by atoms with Crippen LogP contribution in [-0.4, -0.2) is 24.3 Å². The summed E-state index contributed by atoms with van der Waals surface area (Å²) in [7, 11) is 0. The minimum Gasteiger partial charge on any atom is -0.444 e. The van der Waals surface area contributed by atoms with E-state index in [9.17, 15) is 14.4 Å². The molecule has 0 saturated carbocycles. The number of hydrogen-bond acceptors (Lipinski definition) is 4. The minimum absolute atomic E-state index is 0.112. The lowest BCUT2D eigenvalue weighted by Crippen LogP contribution is -2.32. The van der Waals surface area contributed by atoms with Gasteiger partial charge in [0, 0.05) is 5.69 Å². The fourth-order valence-electron chi connectivity index (χ4n) is 1.80. The maximum atomic E-state index is 11.8. The van der Waals surface area contributed by atoms with Crippen molar-refractivity contribution in [1.29, 1.82) is 0 Å². The van der Waals surface area contributed by atoms with E-state index in [0.717, 1.165) is 5.56 Å². The third-order valence-electron chi connectivity index (χ3n) is 2.82. The standard InChI is InChI=1S/C15H14BrN3O4/c16-12-6-5-11(23-12)15(22)18-8-14(21)19-10-3-1-9(2-4-10)7-13(17)20/h1-6H,7-8H2,(H2,17,20)(H,18,22)(H,19,21). The van der Waals surface area contributed by atoms with Crippen molar-refractivity contribution >= 4 is 39.3 Å². The van der Waals surface area contributed by atoms with Crippen LogP contribution < -0.4 is 16.4 Å². The van der Waals surface area contributed by atoms with E-state index in [4.69, 9.17) is 10.2 Å². The Hall–Kier alpha value is -2.61. The lowest BCUT2D eigenvalue weighted by molar-refractivity contribution is -0.117. The highest BCUT2D eigenvalue weighted by atomic mass is 79.9. The molecule has 7 nitrogen and oxygen atoms in total. The summed E-state index contributed by atoms with van der Waals surface area (Å²) in [5, 5.41) is 5.07. The van der Waals surface area contributed by atoms with Crippen LogP contribution in [0.1, 0.15) is 16.1 Å². The van der Waals surface area contributed by atoms with Gasteiger partial charge in [0.25, 0.3) is 5.91 Å². The van der Waals surface area contributed by atoms with Crippen molar-refractivity contribution in [2.45, 2.75) is 6.42 Å². The molecule has 0 saturated heterocycles. The third-order valence-corrected chi connectivity index (χ3v) is 3.25. The molecular formula is C15H14BrN3O4. The number of rotatable bonds is 6. The summed E-state index contributed by atoms with van der Waals surface area (Å²) < 4.78 is 5.51. The zero-order chi connectivity index (χ0) is 16.8. The van der Waals surface area contributed by atoms with Crippen molar-refractivity contribution in [3.05, 3.63) is 52.4 Å². The van der Waals surface area contributed by atoms with Gasteiger partial charge < -0.3 is 20.8 Å². The molecule has 120 valence electrons. The third kappa shape index (κ3) is 5.26. The van der Waals surface area contributed by atoms with E-state index in [2.05, 4.69) is 26.6 Å². The van der Waals surface area contributed by atoms with Gasteiger partial charge in [0.2, 0.25) is 11.8 Å². The smallest absolute Gasteiger partial charge is 0.287 e. The largest absolute Gasteiger partial charge is 0.444 e. The van der Waals surface area contributed by atoms with Crippen LogP contribution in [0.3, 0.4) is 0 Å². The minimum atomic E-state index is -0.484. The number of hydrogen-bond donors (Lipinski definition) is 3. The first kappa shape index (κ1) is 16.8. The van der Waals surface area contributed by atoms with E-state index in [1.807, 2.05) is 0 Å². The zero-order valence-corrected chi connectivity index (χ0v) is 13.6. The molecule has 0 radical (unpaired) electrons. The highest BCUT2D eigenvalue weighted by Crippen LogP contribution is 2.13. The quantitative estimate of drug-likeness (QED) is 0.704. The SMILES string of the molecule is NC(=O)Cc1ccc(NC(=O)CNC(=O)c2ccc(Br)o2)cc1. The predicted molar refractivity (Wildman–Crippen MR) is 86.7 cm³/mol. The molecule has 1 aromatic carbocycles. The Kier molecular flexibility index (Phi) is 5.53. The average Bonchev–Trinajstić information content (AvgIpc) is 2.93. The number of amides is 3. The summed E-state index contributed by atoms with van der Waals surface area (Å²) in [6.07, 6.45) is 0.142. The van der Waals surface area contributed by atoms with Gasteiger partial charge in [0.05, 0.1) is 13.0 Å². The maximum Gasteiger partial charge on any atom is 0.287 e. The molecule has 2 aromatic rings. The van der Waals surface area contributed by atoms with Crippen molar-refractivity contribution in [3.8, 4) is 0 Å². The molecule has 0 unspecified atom stereocenters. The first-order valence-electron chi connectivity index (χ1n) is 6.64. The van der Waals surface area contributed by atoms with Gasteiger partial charge in [-0.3, -0.25) is 14.4 Å². The van der Waals surface area contributed by atoms with Gasteiger partial charge in [-0.25, -0.2) is 0 Å². The number of primary amides is 1. The van der Waals surface area contributed by atoms with Crippen LogP contribution in [0.5, 0.6) is 0 Å². The summed E-state index contributed by atoms with van der Waals surface area (Å²) in [5.74, 6) is -1.18. The predicted octanol–water partition coefficient (Wildman–Crippen LogP) is 1.44. The summed E-state index contributed by atoms with van der Waals surface area (Å²) in [6.45, 7) is -0.194. The number of carbonyl (C=O) groups is 3. The molecule has 8 heteroatoms. The molecule has 23 heavy (non-hydrogen) atoms. The normalized spacial score (nSPS) is 10.1. The topological polar surface area (TPSA) is 114 Å². The van der Waals surface area contributed by atoms with E-state index in [1.165, 1.54) is 6.07 Å². The molecule has 1 aromatic heterocycles. The van der Waals surface area contributed by atoms with Gasteiger partial charge in [-0.2, -0.15) is 0 Å². The van der Waals surface area contributed by atoms with Gasteiger partial charge in [-0.05, 0) is 45.8 Å². The Bertz CT molecular complexity index is 725. The second-order valence-electron chi connectivity index (χ2n) is 4.67. The van der Waals surface area contributed by atoms with Gasteiger partial charge in [-0.1, -0.05) is 12.1 Å². The number of furan rings is 1. The number of anilines is 1. The lowest BCUT2D eigenvalue weighted by atomic mass is 10.1. The zero-order valence-electron chi connectivity index (χ0n) is 12.0. The number of benzene rings is 1. The first-order valence-corrected chi connectivity index (χ1v) is 7.44. The van der Waals surface area contributed by atoms with Gasteiger partial charge in [-0.15, -0.1) is 0 Å². The highest BCUT2D eigenvalue weighted by Gasteiger charge is 2.11. The molecule has 1 heterocycles. The Morgan fingerprint density at radius 1 is 1.09 bits per heavy atom. The van der Waals surface area contributed by atoms with Crippen molar-refractivity contribution in [2.24, 2.45) is 5.73 Å². The molecule has 0 bridgehead atoms. The van der Waals surface area contributed by atoms with Gasteiger partial charge in [0.15, 0.2) is 10.4 Å². The van der Waals surface area contributed by atoms with Gasteiger partial charge in [0.1, 0.15) is 0 Å². The number of nitrogens with two attached hydrogens (primary N) is 1. The molecule has 0 aliphatic carbocycles. The van der Waals surface area contributed by atoms with Crippen LogP contribution in [-0.2, 0) is 16.0 Å². The van der Waals surface area contributed by atoms with Crippen LogP contribution in [0.15, 0.2) is 45.5 Å². The molecule has 0 fully saturated rings. The number of carbonyl (C=O) groups excluding carboxylic acids is 3. The molecule has 0 aliphatic heterocycles. The van der Waals surface area contributed by atoms with Crippen LogP contribution in [0.25, 0.3) is 0 Å². The first-order chi connectivity index (χ1) is 10.9. The van der Waals surface area contributed by atoms with Crippen molar-refractivity contribution in [2.75, 3.05) is 11.9 Å². The fourth-order valence-corrected chi connectivity index (χ4v) is 2.10. The summed E-state index contributed by atoms with van der Waals surface area (Å²) in [4.78, 5) is 34.3. The van der Waals surface area contributed by atoms with E-state index in [0.29, 0.717) is 10.4 Å². The summed E-state index contributed by atoms with van der Waals surface area (Å²) in [6, 6.07) is 9.78. The van der Waals surface area contributed by atoms with Gasteiger partial charge >= 0.3 is 0 Å². The second-order valence-corrected chi connectivity index (χ2v) is 5.46. The van der Waals surface area contributed by atoms with Crippen LogP contribution in [0, 0.1) is 0 Å². The molecule has 4 N–H and O–H groups in total. The summed E-state index contributed by atoms with van der Waals surface area (Å²) >= 11 is 3.09. The average molecular weight is 380 g/mol. The van der Waals surface area contributed by atoms with E-state index in [1.54, 1.807) is 30.3 Å². The molecule has 3 amide bonds. The number of halogens is 1. The maximum absolute atomic E-state index is 11.8. The fraction of sp³-hybridized carbons (Fsp3) is 0.133. The van der Waals surface area contributed by atoms with Crippen molar-refractivity contribution in [3.63, 3.8) is 0 Å². The number of nitrogens with one attached hydrogen (secondary N) is 2. The lowest BCUT2D eigenvalue weighted by Gasteiger charge is -2.07. The Morgan fingerprint density at radius 2 is 1.78 bits per heavy atom. The Morgan fingerprint density at radius 3 is 2.35 bits per heavy atom. The highest BCUT2D eigenvalue weighted by molar-refractivity contribution is 9.10. The van der Waals surface area contributed by atoms with Crippen LogP contribution in [0.4, 0.5) is 5.69 Å². The van der Waals surface area contributed by atoms with Crippen molar-refractivity contribution < 1.29 is 18.8 Å². The molecule has 0 aliphatic rings. The Balaban J connectivity index is 1.82. The van der Waals surface area contributed by atoms with E-state index in [-0.39, 0.29) is 24.6 Å². The van der Waals surface area contributed by atoms with E-state index >= 15 is 0 Å².